The lowest BCUT2D eigenvalue weighted by Crippen LogP contribution is -2.32. The van der Waals surface area contributed by atoms with Crippen molar-refractivity contribution in [3.63, 3.8) is 0 Å². The van der Waals surface area contributed by atoms with Crippen molar-refractivity contribution < 1.29 is 9.53 Å². The third-order valence-corrected chi connectivity index (χ3v) is 4.34. The van der Waals surface area contributed by atoms with Gasteiger partial charge in [0, 0.05) is 32.5 Å². The number of rotatable bonds is 6. The molecule has 0 saturated heterocycles. The maximum atomic E-state index is 12.5. The first-order valence-electron chi connectivity index (χ1n) is 9.98. The van der Waals surface area contributed by atoms with Gasteiger partial charge in [-0.15, -0.1) is 0 Å². The highest BCUT2D eigenvalue weighted by Gasteiger charge is 2.16. The van der Waals surface area contributed by atoms with Crippen LogP contribution in [0.4, 0.5) is 10.7 Å². The Bertz CT molecular complexity index is 1090. The highest BCUT2D eigenvalue weighted by atomic mass is 16.6. The van der Waals surface area contributed by atoms with E-state index in [9.17, 15) is 9.59 Å². The van der Waals surface area contributed by atoms with Crippen molar-refractivity contribution in [1.82, 2.24) is 20.3 Å². The predicted octanol–water partition coefficient (Wildman–Crippen LogP) is 3.49. The summed E-state index contributed by atoms with van der Waals surface area (Å²) >= 11 is 0. The number of carbonyl (C=O) groups is 1. The Morgan fingerprint density at radius 2 is 1.90 bits per heavy atom. The molecule has 3 rings (SSSR count). The zero-order chi connectivity index (χ0) is 22.4. The van der Waals surface area contributed by atoms with Crippen molar-refractivity contribution >= 4 is 12.0 Å². The van der Waals surface area contributed by atoms with E-state index >= 15 is 0 Å². The Hall–Kier alpha value is -3.68. The first kappa shape index (κ1) is 22.0. The summed E-state index contributed by atoms with van der Waals surface area (Å²) in [6, 6.07) is 13.2. The number of nitrogens with one attached hydrogen (secondary N) is 2. The van der Waals surface area contributed by atoms with Crippen molar-refractivity contribution in [2.24, 2.45) is 0 Å². The van der Waals surface area contributed by atoms with Crippen LogP contribution in [0.25, 0.3) is 11.3 Å². The van der Waals surface area contributed by atoms with Gasteiger partial charge in [0.25, 0.3) is 5.56 Å². The Balaban J connectivity index is 1.65. The van der Waals surface area contributed by atoms with E-state index in [1.165, 1.54) is 6.20 Å². The normalized spacial score (nSPS) is 11.1. The molecule has 0 aliphatic heterocycles. The second-order valence-corrected chi connectivity index (χ2v) is 8.20. The van der Waals surface area contributed by atoms with Crippen LogP contribution < -0.4 is 15.8 Å². The minimum Gasteiger partial charge on any atom is -0.444 e. The molecule has 0 spiro atoms. The molecule has 2 aromatic heterocycles. The fourth-order valence-electron chi connectivity index (χ4n) is 2.96. The molecule has 0 aliphatic carbocycles. The zero-order valence-electron chi connectivity index (χ0n) is 18.2. The molecule has 2 heterocycles. The number of aromatic amines is 1. The molecule has 0 bridgehead atoms. The average molecular weight is 422 g/mol. The van der Waals surface area contributed by atoms with Crippen LogP contribution in [0.15, 0.2) is 59.7 Å². The van der Waals surface area contributed by atoms with E-state index in [0.29, 0.717) is 30.3 Å². The van der Waals surface area contributed by atoms with Crippen LogP contribution in [-0.2, 0) is 17.8 Å². The van der Waals surface area contributed by atoms with Gasteiger partial charge in [-0.2, -0.15) is 0 Å². The smallest absolute Gasteiger partial charge is 0.407 e. The molecule has 0 radical (unpaired) electrons. The monoisotopic (exact) mass is 421 g/mol. The molecule has 0 atom stereocenters. The molecule has 1 aromatic carbocycles. The number of nitrogens with zero attached hydrogens (tertiary/aromatic N) is 3. The quantitative estimate of drug-likeness (QED) is 0.632. The van der Waals surface area contributed by atoms with Crippen LogP contribution in [0.3, 0.4) is 0 Å². The van der Waals surface area contributed by atoms with Crippen molar-refractivity contribution in [2.45, 2.75) is 39.5 Å². The highest BCUT2D eigenvalue weighted by molar-refractivity contribution is 5.67. The maximum Gasteiger partial charge on any atom is 0.407 e. The molecular formula is C23H27N5O3. The number of H-pyrrole nitrogens is 1. The lowest BCUT2D eigenvalue weighted by Gasteiger charge is -2.20. The van der Waals surface area contributed by atoms with Crippen molar-refractivity contribution in [3.05, 3.63) is 76.3 Å². The van der Waals surface area contributed by atoms with Crippen molar-refractivity contribution in [2.75, 3.05) is 11.9 Å². The van der Waals surface area contributed by atoms with Gasteiger partial charge >= 0.3 is 6.09 Å². The van der Waals surface area contributed by atoms with Crippen molar-refractivity contribution in [1.29, 1.82) is 0 Å². The Morgan fingerprint density at radius 1 is 1.13 bits per heavy atom. The molecule has 0 unspecified atom stereocenters. The summed E-state index contributed by atoms with van der Waals surface area (Å²) in [6.07, 6.45) is 2.72. The van der Waals surface area contributed by atoms with Gasteiger partial charge in [-0.05, 0) is 44.0 Å². The average Bonchev–Trinajstić information content (AvgIpc) is 2.72. The van der Waals surface area contributed by atoms with E-state index in [4.69, 9.17) is 4.74 Å². The first-order valence-corrected chi connectivity index (χ1v) is 9.98. The van der Waals surface area contributed by atoms with E-state index < -0.39 is 11.7 Å². The fourth-order valence-corrected chi connectivity index (χ4v) is 2.96. The van der Waals surface area contributed by atoms with Gasteiger partial charge in [-0.3, -0.25) is 14.8 Å². The van der Waals surface area contributed by atoms with Crippen LogP contribution in [-0.4, -0.2) is 33.7 Å². The van der Waals surface area contributed by atoms with Gasteiger partial charge in [-0.25, -0.2) is 9.78 Å². The summed E-state index contributed by atoms with van der Waals surface area (Å²) in [4.78, 5) is 37.6. The third-order valence-electron chi connectivity index (χ3n) is 4.34. The summed E-state index contributed by atoms with van der Waals surface area (Å²) in [5, 5.41) is 2.76. The molecule has 31 heavy (non-hydrogen) atoms. The molecule has 0 aliphatic rings. The van der Waals surface area contributed by atoms with E-state index in [1.807, 2.05) is 63.1 Å². The third kappa shape index (κ3) is 6.40. The molecule has 0 fully saturated rings. The molecule has 2 N–H and O–H groups in total. The number of carbonyl (C=O) groups excluding carboxylic acids is 1. The summed E-state index contributed by atoms with van der Waals surface area (Å²) in [7, 11) is 1.85. The Morgan fingerprint density at radius 3 is 2.58 bits per heavy atom. The predicted molar refractivity (Wildman–Crippen MR) is 120 cm³/mol. The fraction of sp³-hybridized carbons (Fsp3) is 0.304. The number of anilines is 1. The summed E-state index contributed by atoms with van der Waals surface area (Å²) in [5.41, 5.74) is 2.19. The lowest BCUT2D eigenvalue weighted by molar-refractivity contribution is 0.0523. The molecule has 3 aromatic rings. The number of pyridine rings is 1. The topological polar surface area (TPSA) is 100 Å². The van der Waals surface area contributed by atoms with Crippen LogP contribution >= 0.6 is 0 Å². The maximum absolute atomic E-state index is 12.5. The number of benzene rings is 1. The van der Waals surface area contributed by atoms with Crippen LogP contribution in [0, 0.1) is 0 Å². The SMILES string of the molecule is CN(Cc1cccc(CNC(=O)OC(C)(C)C)c1)c1ncc(-c2ccccn2)c(=O)[nH]1. The first-order chi connectivity index (χ1) is 14.7. The number of amides is 1. The molecule has 0 saturated carbocycles. The Kier molecular flexibility index (Phi) is 6.69. The largest absolute Gasteiger partial charge is 0.444 e. The minimum atomic E-state index is -0.537. The van der Waals surface area contributed by atoms with Gasteiger partial charge in [-0.1, -0.05) is 30.3 Å². The lowest BCUT2D eigenvalue weighted by atomic mass is 10.1. The van der Waals surface area contributed by atoms with Gasteiger partial charge in [0.15, 0.2) is 0 Å². The minimum absolute atomic E-state index is 0.245. The molecule has 162 valence electrons. The van der Waals surface area contributed by atoms with Gasteiger partial charge in [0.1, 0.15) is 5.60 Å². The van der Waals surface area contributed by atoms with Crippen LogP contribution in [0.5, 0.6) is 0 Å². The van der Waals surface area contributed by atoms with E-state index in [-0.39, 0.29) is 5.56 Å². The van der Waals surface area contributed by atoms with Crippen LogP contribution in [0.1, 0.15) is 31.9 Å². The zero-order valence-corrected chi connectivity index (χ0v) is 18.2. The molecule has 8 heteroatoms. The van der Waals surface area contributed by atoms with Crippen molar-refractivity contribution in [3.8, 4) is 11.3 Å². The summed E-state index contributed by atoms with van der Waals surface area (Å²) in [6.45, 7) is 6.37. The number of ether oxygens (including phenoxy) is 1. The summed E-state index contributed by atoms with van der Waals surface area (Å²) < 4.78 is 5.26. The number of alkyl carbamates (subject to hydrolysis) is 1. The standard InChI is InChI=1S/C23H27N5O3/c1-23(2,3)31-22(30)26-13-16-8-7-9-17(12-16)15-28(4)21-25-14-18(20(29)27-21)19-10-5-6-11-24-19/h5-12,14H,13,15H2,1-4H3,(H,26,30)(H,25,27,29). The molecule has 1 amide bonds. The number of aromatic nitrogens is 3. The van der Waals surface area contributed by atoms with Crippen LogP contribution in [0.2, 0.25) is 0 Å². The van der Waals surface area contributed by atoms with E-state index in [0.717, 1.165) is 11.1 Å². The van der Waals surface area contributed by atoms with E-state index in [1.54, 1.807) is 18.3 Å². The van der Waals surface area contributed by atoms with Gasteiger partial charge < -0.3 is 15.0 Å². The molecular weight excluding hydrogens is 394 g/mol. The second-order valence-electron chi connectivity index (χ2n) is 8.20. The summed E-state index contributed by atoms with van der Waals surface area (Å²) in [5.74, 6) is 0.460. The van der Waals surface area contributed by atoms with E-state index in [2.05, 4.69) is 20.3 Å². The second kappa shape index (κ2) is 9.42. The van der Waals surface area contributed by atoms with Gasteiger partial charge in [0.2, 0.25) is 5.95 Å². The van der Waals surface area contributed by atoms with Gasteiger partial charge in [0.05, 0.1) is 11.3 Å². The molecule has 8 nitrogen and oxygen atoms in total. The Labute approximate surface area is 181 Å². The number of hydrogen-bond acceptors (Lipinski definition) is 6. The highest BCUT2D eigenvalue weighted by Crippen LogP contribution is 2.14. The number of hydrogen-bond donors (Lipinski definition) is 2.